The summed E-state index contributed by atoms with van der Waals surface area (Å²) in [6.45, 7) is 5.48. The van der Waals surface area contributed by atoms with Crippen LogP contribution in [-0.2, 0) is 0 Å². The lowest BCUT2D eigenvalue weighted by Gasteiger charge is -2.03. The molecular formula is C14H14N2OS. The molecule has 1 aromatic carbocycles. The topological polar surface area (TPSA) is 42.9 Å². The fourth-order valence-corrected chi connectivity index (χ4v) is 2.46. The van der Waals surface area contributed by atoms with Crippen LogP contribution in [0.1, 0.15) is 28.7 Å². The van der Waals surface area contributed by atoms with Crippen LogP contribution in [0.4, 0.5) is 0 Å². The summed E-state index contributed by atoms with van der Waals surface area (Å²) in [6.07, 6.45) is 0. The number of hydrogen-bond acceptors (Lipinski definition) is 4. The molecule has 2 aromatic rings. The van der Waals surface area contributed by atoms with Crippen LogP contribution in [0.5, 0.6) is 0 Å². The Morgan fingerprint density at radius 3 is 2.11 bits per heavy atom. The first-order valence-corrected chi connectivity index (χ1v) is 6.47. The van der Waals surface area contributed by atoms with E-state index in [-0.39, 0.29) is 5.78 Å². The van der Waals surface area contributed by atoms with Crippen LogP contribution in [0, 0.1) is 13.8 Å². The van der Waals surface area contributed by atoms with Crippen LogP contribution in [0.2, 0.25) is 0 Å². The van der Waals surface area contributed by atoms with E-state index >= 15 is 0 Å². The zero-order chi connectivity index (χ0) is 13.1. The van der Waals surface area contributed by atoms with E-state index in [2.05, 4.69) is 9.97 Å². The molecule has 4 heteroatoms. The van der Waals surface area contributed by atoms with Crippen molar-refractivity contribution in [1.29, 1.82) is 0 Å². The van der Waals surface area contributed by atoms with Gasteiger partial charge in [0.1, 0.15) is 0 Å². The Balaban J connectivity index is 2.20. The van der Waals surface area contributed by atoms with Crippen molar-refractivity contribution in [3.05, 3.63) is 47.3 Å². The third-order valence-corrected chi connectivity index (χ3v) is 3.30. The van der Waals surface area contributed by atoms with Gasteiger partial charge < -0.3 is 0 Å². The molecule has 0 aliphatic heterocycles. The number of carbonyl (C=O) groups is 1. The highest BCUT2D eigenvalue weighted by molar-refractivity contribution is 7.99. The average molecular weight is 258 g/mol. The quantitative estimate of drug-likeness (QED) is 0.624. The molecule has 0 radical (unpaired) electrons. The minimum absolute atomic E-state index is 0.0780. The van der Waals surface area contributed by atoms with Crippen LogP contribution in [0.15, 0.2) is 40.4 Å². The van der Waals surface area contributed by atoms with Gasteiger partial charge in [0.05, 0.1) is 0 Å². The van der Waals surface area contributed by atoms with Crippen LogP contribution in [-0.4, -0.2) is 15.8 Å². The molecule has 0 unspecified atom stereocenters. The van der Waals surface area contributed by atoms with Crippen LogP contribution in [0.3, 0.4) is 0 Å². The van der Waals surface area contributed by atoms with Gasteiger partial charge in [-0.1, -0.05) is 12.1 Å². The minimum Gasteiger partial charge on any atom is -0.295 e. The SMILES string of the molecule is CC(=O)c1ccc(Sc2nc(C)cc(C)n2)cc1. The Kier molecular flexibility index (Phi) is 3.77. The van der Waals surface area contributed by atoms with Crippen molar-refractivity contribution in [3.8, 4) is 0 Å². The third-order valence-electron chi connectivity index (χ3n) is 2.43. The highest BCUT2D eigenvalue weighted by Gasteiger charge is 2.04. The smallest absolute Gasteiger partial charge is 0.192 e. The van der Waals surface area contributed by atoms with Gasteiger partial charge in [0.15, 0.2) is 10.9 Å². The van der Waals surface area contributed by atoms with Crippen molar-refractivity contribution in [2.24, 2.45) is 0 Å². The molecule has 18 heavy (non-hydrogen) atoms. The van der Waals surface area contributed by atoms with E-state index in [0.717, 1.165) is 27.0 Å². The Morgan fingerprint density at radius 2 is 1.61 bits per heavy atom. The fourth-order valence-electron chi connectivity index (χ4n) is 1.60. The number of benzene rings is 1. The number of rotatable bonds is 3. The van der Waals surface area contributed by atoms with E-state index in [1.54, 1.807) is 6.92 Å². The minimum atomic E-state index is 0.0780. The van der Waals surface area contributed by atoms with Gasteiger partial charge >= 0.3 is 0 Å². The summed E-state index contributed by atoms with van der Waals surface area (Å²) in [5.74, 6) is 0.0780. The van der Waals surface area contributed by atoms with Crippen molar-refractivity contribution in [2.75, 3.05) is 0 Å². The molecule has 92 valence electrons. The molecule has 0 amide bonds. The Labute approximate surface area is 111 Å². The number of ketones is 1. The first-order valence-electron chi connectivity index (χ1n) is 5.66. The molecule has 1 heterocycles. The van der Waals surface area contributed by atoms with Gasteiger partial charge in [-0.25, -0.2) is 9.97 Å². The molecule has 0 bridgehead atoms. The lowest BCUT2D eigenvalue weighted by Crippen LogP contribution is -1.93. The van der Waals surface area contributed by atoms with E-state index in [1.165, 1.54) is 11.8 Å². The summed E-state index contributed by atoms with van der Waals surface area (Å²) < 4.78 is 0. The average Bonchev–Trinajstić information content (AvgIpc) is 2.28. The Bertz CT molecular complexity index is 559. The first-order chi connectivity index (χ1) is 8.54. The second-order valence-corrected chi connectivity index (χ2v) is 5.16. The number of aryl methyl sites for hydroxylation is 2. The van der Waals surface area contributed by atoms with Crippen molar-refractivity contribution in [2.45, 2.75) is 30.8 Å². The zero-order valence-electron chi connectivity index (χ0n) is 10.6. The molecule has 0 saturated heterocycles. The molecule has 0 spiro atoms. The molecule has 0 fully saturated rings. The number of carbonyl (C=O) groups excluding carboxylic acids is 1. The fraction of sp³-hybridized carbons (Fsp3) is 0.214. The van der Waals surface area contributed by atoms with E-state index in [1.807, 2.05) is 44.2 Å². The van der Waals surface area contributed by atoms with Gasteiger partial charge in [0, 0.05) is 21.8 Å². The number of nitrogens with zero attached hydrogens (tertiary/aromatic N) is 2. The molecule has 0 aliphatic rings. The van der Waals surface area contributed by atoms with Crippen molar-refractivity contribution >= 4 is 17.5 Å². The van der Waals surface area contributed by atoms with E-state index in [9.17, 15) is 4.79 Å². The van der Waals surface area contributed by atoms with E-state index in [4.69, 9.17) is 0 Å². The summed E-state index contributed by atoms with van der Waals surface area (Å²) >= 11 is 1.50. The van der Waals surface area contributed by atoms with E-state index in [0.29, 0.717) is 0 Å². The maximum Gasteiger partial charge on any atom is 0.192 e. The molecule has 0 atom stereocenters. The van der Waals surface area contributed by atoms with Gasteiger partial charge in [0.25, 0.3) is 0 Å². The summed E-state index contributed by atoms with van der Waals surface area (Å²) in [5, 5.41) is 0.739. The monoisotopic (exact) mass is 258 g/mol. The first kappa shape index (κ1) is 12.8. The Hall–Kier alpha value is -1.68. The van der Waals surface area contributed by atoms with Crippen LogP contribution < -0.4 is 0 Å². The van der Waals surface area contributed by atoms with Crippen LogP contribution in [0.25, 0.3) is 0 Å². The zero-order valence-corrected chi connectivity index (χ0v) is 11.4. The molecule has 2 rings (SSSR count). The van der Waals surface area contributed by atoms with Crippen molar-refractivity contribution < 1.29 is 4.79 Å². The molecule has 0 saturated carbocycles. The normalized spacial score (nSPS) is 10.4. The molecule has 0 aliphatic carbocycles. The Morgan fingerprint density at radius 1 is 1.06 bits per heavy atom. The molecular weight excluding hydrogens is 244 g/mol. The third kappa shape index (κ3) is 3.17. The van der Waals surface area contributed by atoms with Gasteiger partial charge in [-0.3, -0.25) is 4.79 Å². The van der Waals surface area contributed by atoms with Crippen LogP contribution >= 0.6 is 11.8 Å². The second kappa shape index (κ2) is 5.31. The predicted molar refractivity (Wildman–Crippen MR) is 72.1 cm³/mol. The molecule has 3 nitrogen and oxygen atoms in total. The molecule has 0 N–H and O–H groups in total. The summed E-state index contributed by atoms with van der Waals surface area (Å²) in [5.41, 5.74) is 2.65. The number of Topliss-reactive ketones (excluding diaryl/α,β-unsaturated/α-hetero) is 1. The maximum atomic E-state index is 11.2. The predicted octanol–water partition coefficient (Wildman–Crippen LogP) is 3.45. The molecule has 1 aromatic heterocycles. The standard InChI is InChI=1S/C14H14N2OS/c1-9-8-10(2)16-14(15-9)18-13-6-4-12(5-7-13)11(3)17/h4-8H,1-3H3. The lowest BCUT2D eigenvalue weighted by atomic mass is 10.2. The van der Waals surface area contributed by atoms with Crippen molar-refractivity contribution in [1.82, 2.24) is 9.97 Å². The van der Waals surface area contributed by atoms with Gasteiger partial charge in [0.2, 0.25) is 0 Å². The number of hydrogen-bond donors (Lipinski definition) is 0. The summed E-state index contributed by atoms with van der Waals surface area (Å²) in [7, 11) is 0. The largest absolute Gasteiger partial charge is 0.295 e. The second-order valence-electron chi connectivity index (χ2n) is 4.12. The summed E-state index contributed by atoms with van der Waals surface area (Å²) in [4.78, 5) is 20.9. The maximum absolute atomic E-state index is 11.2. The van der Waals surface area contributed by atoms with Crippen molar-refractivity contribution in [3.63, 3.8) is 0 Å². The summed E-state index contributed by atoms with van der Waals surface area (Å²) in [6, 6.07) is 9.44. The highest BCUT2D eigenvalue weighted by Crippen LogP contribution is 2.25. The van der Waals surface area contributed by atoms with Gasteiger partial charge in [-0.2, -0.15) is 0 Å². The van der Waals surface area contributed by atoms with Gasteiger partial charge in [-0.15, -0.1) is 0 Å². The highest BCUT2D eigenvalue weighted by atomic mass is 32.2. The van der Waals surface area contributed by atoms with Gasteiger partial charge in [-0.05, 0) is 50.7 Å². The number of aromatic nitrogens is 2. The van der Waals surface area contributed by atoms with E-state index < -0.39 is 0 Å². The lowest BCUT2D eigenvalue weighted by molar-refractivity contribution is 0.101.